The highest BCUT2D eigenvalue weighted by Gasteiger charge is 2.07. The highest BCUT2D eigenvalue weighted by atomic mass is 16.2. The Kier molecular flexibility index (Phi) is 5.61. The van der Waals surface area contributed by atoms with E-state index in [1.54, 1.807) is 36.7 Å². The first-order chi connectivity index (χ1) is 12.7. The van der Waals surface area contributed by atoms with Gasteiger partial charge in [0.05, 0.1) is 5.69 Å². The number of benzene rings is 1. The van der Waals surface area contributed by atoms with Crippen LogP contribution in [0.3, 0.4) is 0 Å². The van der Waals surface area contributed by atoms with E-state index in [0.29, 0.717) is 12.1 Å². The van der Waals surface area contributed by atoms with Crippen LogP contribution in [0.2, 0.25) is 0 Å². The molecular formula is C17H17N7O2. The average Bonchev–Trinajstić information content (AvgIpc) is 3.22. The molecule has 2 aromatic heterocycles. The van der Waals surface area contributed by atoms with Crippen molar-refractivity contribution in [3.05, 3.63) is 66.2 Å². The van der Waals surface area contributed by atoms with Crippen LogP contribution in [-0.4, -0.2) is 43.6 Å². The molecule has 9 nitrogen and oxygen atoms in total. The largest absolute Gasteiger partial charge is 0.352 e. The first-order valence-electron chi connectivity index (χ1n) is 7.99. The maximum atomic E-state index is 12.1. The fraction of sp³-hybridized carbons (Fsp3) is 0.176. The summed E-state index contributed by atoms with van der Waals surface area (Å²) in [4.78, 5) is 27.9. The number of hydrogen-bond acceptors (Lipinski definition) is 6. The topological polar surface area (TPSA) is 115 Å². The van der Waals surface area contributed by atoms with Crippen molar-refractivity contribution in [2.24, 2.45) is 0 Å². The Bertz CT molecular complexity index is 849. The van der Waals surface area contributed by atoms with Gasteiger partial charge in [-0.25, -0.2) is 4.68 Å². The summed E-state index contributed by atoms with van der Waals surface area (Å²) >= 11 is 0. The molecule has 0 aliphatic carbocycles. The number of pyridine rings is 1. The Hall–Kier alpha value is -3.62. The van der Waals surface area contributed by atoms with Gasteiger partial charge < -0.3 is 10.6 Å². The SMILES string of the molecule is O=C(CCNC(=O)c1ccc(-n2cnnn2)cc1)NCc1cccnc1. The molecule has 2 amide bonds. The molecule has 1 aromatic carbocycles. The molecule has 132 valence electrons. The van der Waals surface area contributed by atoms with Crippen LogP contribution in [0.15, 0.2) is 55.1 Å². The first kappa shape index (κ1) is 17.2. The van der Waals surface area contributed by atoms with Crippen molar-refractivity contribution < 1.29 is 9.59 Å². The van der Waals surface area contributed by atoms with Gasteiger partial charge in [0, 0.05) is 37.5 Å². The van der Waals surface area contributed by atoms with E-state index in [4.69, 9.17) is 0 Å². The third-order valence-electron chi connectivity index (χ3n) is 3.59. The van der Waals surface area contributed by atoms with Crippen molar-refractivity contribution in [2.75, 3.05) is 6.54 Å². The van der Waals surface area contributed by atoms with Gasteiger partial charge in [-0.15, -0.1) is 5.10 Å². The van der Waals surface area contributed by atoms with E-state index in [-0.39, 0.29) is 24.8 Å². The van der Waals surface area contributed by atoms with Crippen LogP contribution in [-0.2, 0) is 11.3 Å². The number of nitrogens with zero attached hydrogens (tertiary/aromatic N) is 5. The van der Waals surface area contributed by atoms with Crippen molar-refractivity contribution >= 4 is 11.8 Å². The Morgan fingerprint density at radius 3 is 2.62 bits per heavy atom. The molecule has 26 heavy (non-hydrogen) atoms. The van der Waals surface area contributed by atoms with Gasteiger partial charge in [-0.05, 0) is 46.3 Å². The Labute approximate surface area is 149 Å². The minimum Gasteiger partial charge on any atom is -0.352 e. The highest BCUT2D eigenvalue weighted by molar-refractivity contribution is 5.94. The summed E-state index contributed by atoms with van der Waals surface area (Å²) in [6.07, 6.45) is 5.05. The summed E-state index contributed by atoms with van der Waals surface area (Å²) in [6.45, 7) is 0.672. The molecule has 2 heterocycles. The minimum absolute atomic E-state index is 0.136. The molecule has 0 saturated carbocycles. The molecule has 0 unspecified atom stereocenters. The van der Waals surface area contributed by atoms with Crippen LogP contribution in [0, 0.1) is 0 Å². The molecule has 0 fully saturated rings. The lowest BCUT2D eigenvalue weighted by Gasteiger charge is -2.07. The second kappa shape index (κ2) is 8.47. The highest BCUT2D eigenvalue weighted by Crippen LogP contribution is 2.07. The smallest absolute Gasteiger partial charge is 0.251 e. The van der Waals surface area contributed by atoms with E-state index in [2.05, 4.69) is 31.1 Å². The van der Waals surface area contributed by atoms with Crippen LogP contribution in [0.1, 0.15) is 22.3 Å². The van der Waals surface area contributed by atoms with Gasteiger partial charge >= 0.3 is 0 Å². The zero-order chi connectivity index (χ0) is 18.2. The summed E-state index contributed by atoms with van der Waals surface area (Å²) in [7, 11) is 0. The van der Waals surface area contributed by atoms with E-state index in [1.807, 2.05) is 12.1 Å². The van der Waals surface area contributed by atoms with Gasteiger partial charge in [0.1, 0.15) is 6.33 Å². The lowest BCUT2D eigenvalue weighted by Crippen LogP contribution is -2.30. The van der Waals surface area contributed by atoms with E-state index in [9.17, 15) is 9.59 Å². The second-order valence-electron chi connectivity index (χ2n) is 5.45. The second-order valence-corrected chi connectivity index (χ2v) is 5.45. The number of rotatable bonds is 7. The fourth-order valence-electron chi connectivity index (χ4n) is 2.23. The van der Waals surface area contributed by atoms with Crippen LogP contribution < -0.4 is 10.6 Å². The molecular weight excluding hydrogens is 334 g/mol. The normalized spacial score (nSPS) is 10.3. The summed E-state index contributed by atoms with van der Waals surface area (Å²) < 4.78 is 1.49. The van der Waals surface area contributed by atoms with Gasteiger partial charge in [-0.2, -0.15) is 0 Å². The van der Waals surface area contributed by atoms with Crippen molar-refractivity contribution in [1.82, 2.24) is 35.8 Å². The maximum Gasteiger partial charge on any atom is 0.251 e. The quantitative estimate of drug-likeness (QED) is 0.640. The fourth-order valence-corrected chi connectivity index (χ4v) is 2.23. The third kappa shape index (κ3) is 4.69. The van der Waals surface area contributed by atoms with Crippen molar-refractivity contribution in [3.8, 4) is 5.69 Å². The molecule has 0 radical (unpaired) electrons. The molecule has 0 atom stereocenters. The van der Waals surface area contributed by atoms with Gasteiger partial charge in [-0.3, -0.25) is 14.6 Å². The molecule has 0 aliphatic rings. The van der Waals surface area contributed by atoms with Crippen molar-refractivity contribution in [3.63, 3.8) is 0 Å². The molecule has 0 bridgehead atoms. The standard InChI is InChI=1S/C17H17N7O2/c25-16(20-11-13-2-1-8-18-10-13)7-9-19-17(26)14-3-5-15(6-4-14)24-12-21-22-23-24/h1-6,8,10,12H,7,9,11H2,(H,19,26)(H,20,25). The average molecular weight is 351 g/mol. The molecule has 0 aliphatic heterocycles. The van der Waals surface area contributed by atoms with Crippen LogP contribution in [0.4, 0.5) is 0 Å². The molecule has 3 rings (SSSR count). The number of aromatic nitrogens is 5. The maximum absolute atomic E-state index is 12.1. The number of carbonyl (C=O) groups excluding carboxylic acids is 2. The number of tetrazole rings is 1. The monoisotopic (exact) mass is 351 g/mol. The first-order valence-corrected chi connectivity index (χ1v) is 7.99. The summed E-state index contributed by atoms with van der Waals surface area (Å²) in [5.41, 5.74) is 2.17. The van der Waals surface area contributed by atoms with Crippen LogP contribution in [0.25, 0.3) is 5.69 Å². The van der Waals surface area contributed by atoms with E-state index < -0.39 is 0 Å². The summed E-state index contributed by atoms with van der Waals surface area (Å²) in [5, 5.41) is 16.4. The molecule has 3 aromatic rings. The van der Waals surface area contributed by atoms with E-state index >= 15 is 0 Å². The van der Waals surface area contributed by atoms with Crippen molar-refractivity contribution in [1.29, 1.82) is 0 Å². The van der Waals surface area contributed by atoms with Gasteiger partial charge in [0.2, 0.25) is 5.91 Å². The van der Waals surface area contributed by atoms with Gasteiger partial charge in [-0.1, -0.05) is 6.07 Å². The van der Waals surface area contributed by atoms with E-state index in [0.717, 1.165) is 11.3 Å². The minimum atomic E-state index is -0.242. The zero-order valence-electron chi connectivity index (χ0n) is 13.9. The zero-order valence-corrected chi connectivity index (χ0v) is 13.9. The van der Waals surface area contributed by atoms with Crippen LogP contribution in [0.5, 0.6) is 0 Å². The molecule has 0 saturated heterocycles. The number of nitrogens with one attached hydrogen (secondary N) is 2. The summed E-state index contributed by atoms with van der Waals surface area (Å²) in [5.74, 6) is -0.378. The summed E-state index contributed by atoms with van der Waals surface area (Å²) in [6, 6.07) is 10.5. The Balaban J connectivity index is 1.41. The van der Waals surface area contributed by atoms with Gasteiger partial charge in [0.15, 0.2) is 0 Å². The third-order valence-corrected chi connectivity index (χ3v) is 3.59. The molecule has 0 spiro atoms. The van der Waals surface area contributed by atoms with Crippen molar-refractivity contribution in [2.45, 2.75) is 13.0 Å². The molecule has 9 heteroatoms. The number of carbonyl (C=O) groups is 2. The Morgan fingerprint density at radius 2 is 1.92 bits per heavy atom. The lowest BCUT2D eigenvalue weighted by molar-refractivity contribution is -0.121. The Morgan fingerprint density at radius 1 is 1.08 bits per heavy atom. The molecule has 2 N–H and O–H groups in total. The van der Waals surface area contributed by atoms with Crippen LogP contribution >= 0.6 is 0 Å². The lowest BCUT2D eigenvalue weighted by atomic mass is 10.2. The predicted molar refractivity (Wildman–Crippen MR) is 92.2 cm³/mol. The van der Waals surface area contributed by atoms with E-state index in [1.165, 1.54) is 11.0 Å². The van der Waals surface area contributed by atoms with Gasteiger partial charge in [0.25, 0.3) is 5.91 Å². The number of hydrogen-bond donors (Lipinski definition) is 2. The predicted octanol–water partition coefficient (Wildman–Crippen LogP) is 0.494. The number of amides is 2.